The number of hydrogen-bond donors (Lipinski definition) is 4. The summed E-state index contributed by atoms with van der Waals surface area (Å²) in [7, 11) is 0. The standard InChI is InChI=1S/C14H16N2O3S/c1-8(7-20)13(17)16-12(14(18)19)10-3-2-9-4-5-15-11(9)6-10/h2-6,8,12,15,20H,7H2,1H3,(H,16,17)(H,18,19)/t8-,12-/m1/s1. The lowest BCUT2D eigenvalue weighted by Gasteiger charge is -2.17. The highest BCUT2D eigenvalue weighted by Gasteiger charge is 2.24. The van der Waals surface area contributed by atoms with Crippen molar-refractivity contribution in [1.29, 1.82) is 0 Å². The van der Waals surface area contributed by atoms with Gasteiger partial charge in [0.2, 0.25) is 5.91 Å². The van der Waals surface area contributed by atoms with E-state index >= 15 is 0 Å². The number of carbonyl (C=O) groups excluding carboxylic acids is 1. The van der Waals surface area contributed by atoms with Gasteiger partial charge in [-0.05, 0) is 23.1 Å². The molecule has 1 aromatic heterocycles. The van der Waals surface area contributed by atoms with Crippen LogP contribution in [0, 0.1) is 5.92 Å². The number of rotatable bonds is 5. The van der Waals surface area contributed by atoms with E-state index in [1.54, 1.807) is 25.3 Å². The van der Waals surface area contributed by atoms with E-state index < -0.39 is 12.0 Å². The molecule has 0 spiro atoms. The van der Waals surface area contributed by atoms with Gasteiger partial charge in [-0.3, -0.25) is 4.79 Å². The zero-order chi connectivity index (χ0) is 14.7. The lowest BCUT2D eigenvalue weighted by molar-refractivity contribution is -0.142. The number of thiol groups is 1. The molecule has 0 radical (unpaired) electrons. The van der Waals surface area contributed by atoms with E-state index in [1.807, 2.05) is 12.1 Å². The van der Waals surface area contributed by atoms with Crippen molar-refractivity contribution in [3.8, 4) is 0 Å². The Morgan fingerprint density at radius 3 is 2.80 bits per heavy atom. The molecule has 0 aliphatic carbocycles. The zero-order valence-electron chi connectivity index (χ0n) is 11.0. The van der Waals surface area contributed by atoms with E-state index in [0.29, 0.717) is 11.3 Å². The predicted octanol–water partition coefficient (Wildman–Crippen LogP) is 1.98. The fourth-order valence-corrected chi connectivity index (χ4v) is 2.07. The molecule has 1 aromatic carbocycles. The first-order chi connectivity index (χ1) is 9.52. The van der Waals surface area contributed by atoms with Crippen molar-refractivity contribution < 1.29 is 14.7 Å². The summed E-state index contributed by atoms with van der Waals surface area (Å²) in [5, 5.41) is 12.8. The molecule has 20 heavy (non-hydrogen) atoms. The molecule has 0 saturated heterocycles. The molecule has 1 amide bonds. The third-order valence-corrected chi connectivity index (χ3v) is 3.72. The average Bonchev–Trinajstić information content (AvgIpc) is 2.90. The number of carbonyl (C=O) groups is 2. The number of nitrogens with one attached hydrogen (secondary N) is 2. The molecule has 106 valence electrons. The van der Waals surface area contributed by atoms with Crippen LogP contribution in [0.2, 0.25) is 0 Å². The molecule has 0 fully saturated rings. The van der Waals surface area contributed by atoms with Crippen LogP contribution < -0.4 is 5.32 Å². The van der Waals surface area contributed by atoms with E-state index in [0.717, 1.165) is 10.9 Å². The van der Waals surface area contributed by atoms with E-state index in [-0.39, 0.29) is 11.8 Å². The molecule has 2 aromatic rings. The van der Waals surface area contributed by atoms with Gasteiger partial charge in [0.15, 0.2) is 6.04 Å². The van der Waals surface area contributed by atoms with Crippen LogP contribution in [-0.2, 0) is 9.59 Å². The lowest BCUT2D eigenvalue weighted by atomic mass is 10.0. The van der Waals surface area contributed by atoms with Crippen molar-refractivity contribution in [2.24, 2.45) is 5.92 Å². The number of fused-ring (bicyclic) bond motifs is 1. The number of hydrogen-bond acceptors (Lipinski definition) is 3. The Morgan fingerprint density at radius 1 is 1.40 bits per heavy atom. The molecule has 5 nitrogen and oxygen atoms in total. The van der Waals surface area contributed by atoms with Crippen molar-refractivity contribution in [2.75, 3.05) is 5.75 Å². The Kier molecular flexibility index (Phi) is 4.34. The third-order valence-electron chi connectivity index (χ3n) is 3.17. The van der Waals surface area contributed by atoms with Gasteiger partial charge in [-0.2, -0.15) is 12.6 Å². The van der Waals surface area contributed by atoms with Crippen LogP contribution >= 0.6 is 12.6 Å². The van der Waals surface area contributed by atoms with E-state index in [1.165, 1.54) is 0 Å². The van der Waals surface area contributed by atoms with Gasteiger partial charge < -0.3 is 15.4 Å². The maximum Gasteiger partial charge on any atom is 0.330 e. The number of amides is 1. The summed E-state index contributed by atoms with van der Waals surface area (Å²) in [5.41, 5.74) is 1.37. The number of aliphatic carboxylic acids is 1. The van der Waals surface area contributed by atoms with E-state index in [9.17, 15) is 14.7 Å². The molecule has 0 unspecified atom stereocenters. The summed E-state index contributed by atoms with van der Waals surface area (Å²) >= 11 is 4.04. The normalized spacial score (nSPS) is 13.9. The first kappa shape index (κ1) is 14.5. The van der Waals surface area contributed by atoms with Crippen molar-refractivity contribution in [1.82, 2.24) is 10.3 Å². The van der Waals surface area contributed by atoms with Crippen LogP contribution in [0.1, 0.15) is 18.5 Å². The average molecular weight is 292 g/mol. The van der Waals surface area contributed by atoms with E-state index in [4.69, 9.17) is 0 Å². The van der Waals surface area contributed by atoms with Crippen molar-refractivity contribution in [2.45, 2.75) is 13.0 Å². The molecular formula is C14H16N2O3S. The zero-order valence-corrected chi connectivity index (χ0v) is 11.9. The summed E-state index contributed by atoms with van der Waals surface area (Å²) in [6, 6.07) is 6.11. The number of aromatic nitrogens is 1. The molecular weight excluding hydrogens is 276 g/mol. The minimum atomic E-state index is -1.09. The minimum absolute atomic E-state index is 0.320. The van der Waals surface area contributed by atoms with Gasteiger partial charge in [0.1, 0.15) is 0 Å². The largest absolute Gasteiger partial charge is 0.479 e. The Morgan fingerprint density at radius 2 is 2.15 bits per heavy atom. The number of H-pyrrole nitrogens is 1. The first-order valence-electron chi connectivity index (χ1n) is 6.24. The van der Waals surface area contributed by atoms with Gasteiger partial charge >= 0.3 is 5.97 Å². The maximum absolute atomic E-state index is 11.8. The molecule has 0 aliphatic heterocycles. The van der Waals surface area contributed by atoms with Crippen molar-refractivity contribution in [3.05, 3.63) is 36.0 Å². The predicted molar refractivity (Wildman–Crippen MR) is 79.8 cm³/mol. The third kappa shape index (κ3) is 2.96. The minimum Gasteiger partial charge on any atom is -0.479 e. The summed E-state index contributed by atoms with van der Waals surface area (Å²) in [6.45, 7) is 1.70. The van der Waals surface area contributed by atoms with Gasteiger partial charge in [-0.1, -0.05) is 19.1 Å². The van der Waals surface area contributed by atoms with Crippen LogP contribution in [0.15, 0.2) is 30.5 Å². The Balaban J connectivity index is 2.28. The van der Waals surface area contributed by atoms with Gasteiger partial charge in [0, 0.05) is 23.4 Å². The summed E-state index contributed by atoms with van der Waals surface area (Å²) in [5.74, 6) is -1.38. The van der Waals surface area contributed by atoms with Gasteiger partial charge in [0.05, 0.1) is 0 Å². The first-order valence-corrected chi connectivity index (χ1v) is 6.87. The van der Waals surface area contributed by atoms with Crippen LogP contribution in [0.3, 0.4) is 0 Å². The van der Waals surface area contributed by atoms with Gasteiger partial charge in [0.25, 0.3) is 0 Å². The molecule has 3 N–H and O–H groups in total. The highest BCUT2D eigenvalue weighted by Crippen LogP contribution is 2.20. The van der Waals surface area contributed by atoms with Crippen LogP contribution in [0.25, 0.3) is 10.9 Å². The van der Waals surface area contributed by atoms with Gasteiger partial charge in [-0.25, -0.2) is 4.79 Å². The number of carboxylic acid groups (broad SMARTS) is 1. The topological polar surface area (TPSA) is 82.2 Å². The fraction of sp³-hybridized carbons (Fsp3) is 0.286. The quantitative estimate of drug-likeness (QED) is 0.636. The summed E-state index contributed by atoms with van der Waals surface area (Å²) < 4.78 is 0. The van der Waals surface area contributed by atoms with E-state index in [2.05, 4.69) is 22.9 Å². The second-order valence-corrected chi connectivity index (χ2v) is 5.05. The Bertz CT molecular complexity index is 638. The van der Waals surface area contributed by atoms with Crippen LogP contribution in [0.4, 0.5) is 0 Å². The lowest BCUT2D eigenvalue weighted by Crippen LogP contribution is -2.37. The molecule has 0 bridgehead atoms. The molecule has 1 heterocycles. The van der Waals surface area contributed by atoms with Crippen molar-refractivity contribution >= 4 is 35.4 Å². The molecule has 2 rings (SSSR count). The van der Waals surface area contributed by atoms with Gasteiger partial charge in [-0.15, -0.1) is 0 Å². The molecule has 0 saturated carbocycles. The Hall–Kier alpha value is -1.95. The number of aromatic amines is 1. The highest BCUT2D eigenvalue weighted by molar-refractivity contribution is 7.80. The number of carboxylic acids is 1. The Labute approximate surface area is 121 Å². The highest BCUT2D eigenvalue weighted by atomic mass is 32.1. The fourth-order valence-electron chi connectivity index (χ4n) is 1.90. The maximum atomic E-state index is 11.8. The van der Waals surface area contributed by atoms with Crippen molar-refractivity contribution in [3.63, 3.8) is 0 Å². The molecule has 2 atom stereocenters. The number of benzene rings is 1. The molecule has 6 heteroatoms. The monoisotopic (exact) mass is 292 g/mol. The summed E-state index contributed by atoms with van der Waals surface area (Å²) in [4.78, 5) is 26.2. The smallest absolute Gasteiger partial charge is 0.330 e. The second kappa shape index (κ2) is 6.00. The SMILES string of the molecule is C[C@H](CS)C(=O)N[C@@H](C(=O)O)c1ccc2cc[nH]c2c1. The summed E-state index contributed by atoms with van der Waals surface area (Å²) in [6.07, 6.45) is 1.78. The second-order valence-electron chi connectivity index (χ2n) is 4.69. The van der Waals surface area contributed by atoms with Crippen LogP contribution in [0.5, 0.6) is 0 Å². The van der Waals surface area contributed by atoms with Crippen LogP contribution in [-0.4, -0.2) is 27.7 Å². The molecule has 0 aliphatic rings.